The summed E-state index contributed by atoms with van der Waals surface area (Å²) in [4.78, 5) is 18.5. The summed E-state index contributed by atoms with van der Waals surface area (Å²) in [5.41, 5.74) is 4.17. The van der Waals surface area contributed by atoms with Crippen molar-refractivity contribution in [1.82, 2.24) is 19.7 Å². The van der Waals surface area contributed by atoms with Gasteiger partial charge in [-0.3, -0.25) is 14.5 Å². The molecule has 2 aromatic heterocycles. The Kier molecular flexibility index (Phi) is 4.89. The van der Waals surface area contributed by atoms with Gasteiger partial charge in [0.05, 0.1) is 23.9 Å². The molecule has 32 heavy (non-hydrogen) atoms. The summed E-state index contributed by atoms with van der Waals surface area (Å²) < 4.78 is 22.7. The highest BCUT2D eigenvalue weighted by molar-refractivity contribution is 5.98. The molecular weight excluding hydrogens is 407 g/mol. The molecule has 0 bridgehead atoms. The topological polar surface area (TPSA) is 60.2 Å². The predicted octanol–water partition coefficient (Wildman–Crippen LogP) is 4.72. The van der Waals surface area contributed by atoms with Crippen molar-refractivity contribution in [3.63, 3.8) is 0 Å². The van der Waals surface area contributed by atoms with Crippen molar-refractivity contribution in [2.45, 2.75) is 33.0 Å². The van der Waals surface area contributed by atoms with Crippen molar-refractivity contribution in [1.29, 1.82) is 0 Å². The molecule has 0 N–H and O–H groups in total. The normalized spacial score (nSPS) is 13.3. The van der Waals surface area contributed by atoms with Crippen LogP contribution in [0, 0.1) is 5.82 Å². The first-order valence-corrected chi connectivity index (χ1v) is 10.6. The van der Waals surface area contributed by atoms with Gasteiger partial charge >= 0.3 is 0 Å². The van der Waals surface area contributed by atoms with Crippen LogP contribution in [-0.2, 0) is 20.1 Å². The maximum atomic E-state index is 15.1. The van der Waals surface area contributed by atoms with Crippen LogP contribution in [0.1, 0.15) is 35.5 Å². The van der Waals surface area contributed by atoms with Gasteiger partial charge in [-0.1, -0.05) is 12.1 Å². The number of carbonyl (C=O) groups is 1. The monoisotopic (exact) mass is 430 g/mol. The van der Waals surface area contributed by atoms with E-state index in [-0.39, 0.29) is 24.4 Å². The van der Waals surface area contributed by atoms with E-state index in [0.717, 1.165) is 27.7 Å². The number of aromatic nitrogens is 3. The molecule has 0 spiro atoms. The van der Waals surface area contributed by atoms with Crippen LogP contribution < -0.4 is 4.74 Å². The number of aryl methyl sites for hydroxylation is 1. The number of pyridine rings is 1. The van der Waals surface area contributed by atoms with Gasteiger partial charge in [-0.05, 0) is 55.3 Å². The molecule has 0 unspecified atom stereocenters. The number of amides is 1. The lowest BCUT2D eigenvalue weighted by molar-refractivity contribution is 0.0765. The lowest BCUT2D eigenvalue weighted by Crippen LogP contribution is -2.23. The number of hydrogen-bond acceptors (Lipinski definition) is 4. The SMILES string of the molecule is CC(C)Oc1ccc(-c2ccc(CN3Cc4ncccc4C3=O)c(F)c2)c2cn(C)nc12. The Morgan fingerprint density at radius 2 is 2.00 bits per heavy atom. The molecule has 1 amide bonds. The highest BCUT2D eigenvalue weighted by Gasteiger charge is 2.28. The summed E-state index contributed by atoms with van der Waals surface area (Å²) in [6.07, 6.45) is 3.61. The molecule has 1 aliphatic rings. The Balaban J connectivity index is 1.45. The van der Waals surface area contributed by atoms with Crippen LogP contribution in [0.2, 0.25) is 0 Å². The molecule has 0 saturated carbocycles. The summed E-state index contributed by atoms with van der Waals surface area (Å²) in [7, 11) is 1.85. The minimum Gasteiger partial charge on any atom is -0.489 e. The van der Waals surface area contributed by atoms with Gasteiger partial charge < -0.3 is 9.64 Å². The van der Waals surface area contributed by atoms with Gasteiger partial charge in [0.15, 0.2) is 0 Å². The number of nitrogens with zero attached hydrogens (tertiary/aromatic N) is 4. The first-order chi connectivity index (χ1) is 15.4. The smallest absolute Gasteiger partial charge is 0.256 e. The number of halogens is 1. The number of carbonyl (C=O) groups excluding carboxylic acids is 1. The molecule has 3 heterocycles. The zero-order valence-corrected chi connectivity index (χ0v) is 18.2. The number of rotatable bonds is 5. The first kappa shape index (κ1) is 20.2. The van der Waals surface area contributed by atoms with E-state index in [1.807, 2.05) is 45.3 Å². The minimum absolute atomic E-state index is 0.0254. The van der Waals surface area contributed by atoms with Crippen LogP contribution >= 0.6 is 0 Å². The van der Waals surface area contributed by atoms with Gasteiger partial charge in [-0.15, -0.1) is 0 Å². The molecule has 7 heteroatoms. The van der Waals surface area contributed by atoms with E-state index < -0.39 is 0 Å². The molecule has 0 aliphatic carbocycles. The van der Waals surface area contributed by atoms with Crippen molar-refractivity contribution in [3.05, 3.63) is 77.5 Å². The zero-order valence-electron chi connectivity index (χ0n) is 18.2. The summed E-state index contributed by atoms with van der Waals surface area (Å²) in [5.74, 6) is 0.241. The van der Waals surface area contributed by atoms with Gasteiger partial charge in [0.2, 0.25) is 0 Å². The predicted molar refractivity (Wildman–Crippen MR) is 120 cm³/mol. The second kappa shape index (κ2) is 7.75. The summed E-state index contributed by atoms with van der Waals surface area (Å²) in [6, 6.07) is 12.5. The van der Waals surface area contributed by atoms with Gasteiger partial charge in [-0.25, -0.2) is 4.39 Å². The zero-order chi connectivity index (χ0) is 22.4. The number of fused-ring (bicyclic) bond motifs is 2. The van der Waals surface area contributed by atoms with E-state index in [0.29, 0.717) is 23.4 Å². The summed E-state index contributed by atoms with van der Waals surface area (Å²) >= 11 is 0. The van der Waals surface area contributed by atoms with Crippen LogP contribution in [-0.4, -0.2) is 31.7 Å². The summed E-state index contributed by atoms with van der Waals surface area (Å²) in [5, 5.41) is 5.43. The molecule has 6 nitrogen and oxygen atoms in total. The highest BCUT2D eigenvalue weighted by atomic mass is 19.1. The largest absolute Gasteiger partial charge is 0.489 e. The third-order valence-corrected chi connectivity index (χ3v) is 5.59. The fourth-order valence-electron chi connectivity index (χ4n) is 4.15. The Hall–Kier alpha value is -3.74. The van der Waals surface area contributed by atoms with Crippen LogP contribution in [0.5, 0.6) is 5.75 Å². The van der Waals surface area contributed by atoms with Crippen LogP contribution in [0.4, 0.5) is 4.39 Å². The number of benzene rings is 2. The molecule has 5 rings (SSSR count). The number of hydrogen-bond donors (Lipinski definition) is 0. The van der Waals surface area contributed by atoms with Crippen molar-refractivity contribution < 1.29 is 13.9 Å². The molecule has 2 aromatic carbocycles. The molecule has 4 aromatic rings. The van der Waals surface area contributed by atoms with Crippen LogP contribution in [0.15, 0.2) is 54.9 Å². The van der Waals surface area contributed by atoms with Gasteiger partial charge in [0, 0.05) is 36.9 Å². The highest BCUT2D eigenvalue weighted by Crippen LogP contribution is 2.35. The summed E-state index contributed by atoms with van der Waals surface area (Å²) in [6.45, 7) is 4.53. The van der Waals surface area contributed by atoms with Crippen molar-refractivity contribution >= 4 is 16.8 Å². The molecule has 1 aliphatic heterocycles. The van der Waals surface area contributed by atoms with Gasteiger partial charge in [0.1, 0.15) is 17.1 Å². The second-order valence-electron chi connectivity index (χ2n) is 8.31. The average molecular weight is 430 g/mol. The Bertz CT molecular complexity index is 1350. The van der Waals surface area contributed by atoms with Crippen molar-refractivity contribution in [2.75, 3.05) is 0 Å². The van der Waals surface area contributed by atoms with E-state index in [1.165, 1.54) is 6.07 Å². The minimum atomic E-state index is -0.348. The van der Waals surface area contributed by atoms with Crippen molar-refractivity contribution in [2.24, 2.45) is 7.05 Å². The van der Waals surface area contributed by atoms with Gasteiger partial charge in [0.25, 0.3) is 5.91 Å². The van der Waals surface area contributed by atoms with Crippen LogP contribution in [0.3, 0.4) is 0 Å². The Labute approximate surface area is 185 Å². The van der Waals surface area contributed by atoms with E-state index in [9.17, 15) is 4.79 Å². The molecule has 162 valence electrons. The molecule has 0 radical (unpaired) electrons. The molecule has 0 fully saturated rings. The first-order valence-electron chi connectivity index (χ1n) is 10.6. The molecule has 0 saturated heterocycles. The lowest BCUT2D eigenvalue weighted by Gasteiger charge is -2.16. The average Bonchev–Trinajstić information content (AvgIpc) is 3.30. The maximum Gasteiger partial charge on any atom is 0.256 e. The standard InChI is InChI=1S/C25H23FN4O2/c1-15(2)32-23-9-8-18(20-13-29(3)28-24(20)23)16-6-7-17(21(26)11-16)12-30-14-22-19(25(30)31)5-4-10-27-22/h4-11,13,15H,12,14H2,1-3H3. The Morgan fingerprint density at radius 1 is 1.16 bits per heavy atom. The van der Waals surface area contributed by atoms with Crippen LogP contribution in [0.25, 0.3) is 22.0 Å². The third-order valence-electron chi connectivity index (χ3n) is 5.59. The lowest BCUT2D eigenvalue weighted by atomic mass is 9.99. The molecule has 0 atom stereocenters. The second-order valence-corrected chi connectivity index (χ2v) is 8.31. The van der Waals surface area contributed by atoms with E-state index >= 15 is 4.39 Å². The Morgan fingerprint density at radius 3 is 2.75 bits per heavy atom. The third kappa shape index (κ3) is 3.49. The van der Waals surface area contributed by atoms with E-state index in [2.05, 4.69) is 10.1 Å². The number of ether oxygens (including phenoxy) is 1. The fourth-order valence-corrected chi connectivity index (χ4v) is 4.15. The fraction of sp³-hybridized carbons (Fsp3) is 0.240. The van der Waals surface area contributed by atoms with E-state index in [1.54, 1.807) is 34.0 Å². The van der Waals surface area contributed by atoms with E-state index in [4.69, 9.17) is 4.74 Å². The maximum absolute atomic E-state index is 15.1. The van der Waals surface area contributed by atoms with Gasteiger partial charge in [-0.2, -0.15) is 5.10 Å². The quantitative estimate of drug-likeness (QED) is 0.460. The molecular formula is C25H23FN4O2. The van der Waals surface area contributed by atoms with Crippen molar-refractivity contribution in [3.8, 4) is 16.9 Å².